The fourth-order valence-electron chi connectivity index (χ4n) is 3.53. The molecule has 0 atom stereocenters. The third kappa shape index (κ3) is 5.36. The molecule has 2 N–H and O–H groups in total. The van der Waals surface area contributed by atoms with Crippen molar-refractivity contribution < 1.29 is 35.9 Å². The summed E-state index contributed by atoms with van der Waals surface area (Å²) in [4.78, 5) is 25.5. The molecule has 1 heterocycles. The molecule has 0 aliphatic carbocycles. The predicted molar refractivity (Wildman–Crippen MR) is 98.8 cm³/mol. The molecule has 2 aromatic carbocycles. The minimum Gasteiger partial charge on any atom is -0.366 e. The zero-order valence-electron chi connectivity index (χ0n) is 16.1. The highest BCUT2D eigenvalue weighted by atomic mass is 19.4. The molecule has 166 valence electrons. The Kier molecular flexibility index (Phi) is 6.02. The van der Waals surface area contributed by atoms with E-state index in [2.05, 4.69) is 0 Å². The van der Waals surface area contributed by atoms with Crippen molar-refractivity contribution >= 4 is 11.8 Å². The van der Waals surface area contributed by atoms with E-state index >= 15 is 0 Å². The van der Waals surface area contributed by atoms with E-state index in [0.717, 1.165) is 11.1 Å². The normalized spacial score (nSPS) is 14.7. The molecule has 2 aromatic rings. The summed E-state index contributed by atoms with van der Waals surface area (Å²) in [5, 5.41) is 0. The van der Waals surface area contributed by atoms with Crippen LogP contribution < -0.4 is 5.73 Å². The molecule has 1 aliphatic heterocycles. The molecule has 0 bridgehead atoms. The maximum atomic E-state index is 13.0. The van der Waals surface area contributed by atoms with Gasteiger partial charge in [0.25, 0.3) is 0 Å². The molecule has 10 heteroatoms. The van der Waals surface area contributed by atoms with E-state index in [0.29, 0.717) is 30.5 Å². The second-order valence-electron chi connectivity index (χ2n) is 7.36. The van der Waals surface area contributed by atoms with Gasteiger partial charge < -0.3 is 10.6 Å². The molecule has 0 unspecified atom stereocenters. The van der Waals surface area contributed by atoms with Gasteiger partial charge in [0, 0.05) is 18.7 Å². The summed E-state index contributed by atoms with van der Waals surface area (Å²) in [5.74, 6) is -1.18. The third-order valence-corrected chi connectivity index (χ3v) is 5.08. The standard InChI is InChI=1S/C21H18F6N2O2/c22-20(23,24)16-6-12(7-17(10-16)21(25,26)27)8-18(30)29-5-1-2-13-9-14(19(28)31)3-4-15(13)11-29/h3-4,6-7,9-10H,1-2,5,8,11H2,(H2,28,31). The summed E-state index contributed by atoms with van der Waals surface area (Å²) in [6.45, 7) is 0.419. The van der Waals surface area contributed by atoms with E-state index in [-0.39, 0.29) is 24.7 Å². The molecule has 0 saturated carbocycles. The van der Waals surface area contributed by atoms with Crippen molar-refractivity contribution in [2.45, 2.75) is 38.2 Å². The zero-order chi connectivity index (χ0) is 23.0. The van der Waals surface area contributed by atoms with E-state index < -0.39 is 41.7 Å². The number of nitrogens with zero attached hydrogens (tertiary/aromatic N) is 1. The largest absolute Gasteiger partial charge is 0.416 e. The first-order chi connectivity index (χ1) is 14.3. The Hall–Kier alpha value is -3.04. The van der Waals surface area contributed by atoms with Crippen LogP contribution in [0.25, 0.3) is 0 Å². The number of fused-ring (bicyclic) bond motifs is 1. The summed E-state index contributed by atoms with van der Waals surface area (Å²) >= 11 is 0. The number of carbonyl (C=O) groups excluding carboxylic acids is 2. The van der Waals surface area contributed by atoms with Gasteiger partial charge in [0.05, 0.1) is 17.5 Å². The molecule has 0 saturated heterocycles. The van der Waals surface area contributed by atoms with Gasteiger partial charge in [-0.3, -0.25) is 9.59 Å². The maximum Gasteiger partial charge on any atom is 0.416 e. The molecule has 0 radical (unpaired) electrons. The van der Waals surface area contributed by atoms with Gasteiger partial charge in [0.2, 0.25) is 11.8 Å². The summed E-state index contributed by atoms with van der Waals surface area (Å²) in [6.07, 6.45) is -9.46. The topological polar surface area (TPSA) is 63.4 Å². The summed E-state index contributed by atoms with van der Waals surface area (Å²) in [5.41, 5.74) is 3.89. The fourth-order valence-corrected chi connectivity index (χ4v) is 3.53. The molecular formula is C21H18F6N2O2. The first-order valence-electron chi connectivity index (χ1n) is 9.32. The van der Waals surface area contributed by atoms with E-state index in [1.54, 1.807) is 12.1 Å². The smallest absolute Gasteiger partial charge is 0.366 e. The Bertz CT molecular complexity index is 982. The molecule has 0 aromatic heterocycles. The van der Waals surface area contributed by atoms with Gasteiger partial charge in [0.15, 0.2) is 0 Å². The van der Waals surface area contributed by atoms with Gasteiger partial charge in [-0.05, 0) is 59.9 Å². The Labute approximate surface area is 173 Å². The van der Waals surface area contributed by atoms with Crippen molar-refractivity contribution in [3.63, 3.8) is 0 Å². The first kappa shape index (κ1) is 22.6. The lowest BCUT2D eigenvalue weighted by Crippen LogP contribution is -2.32. The number of aryl methyl sites for hydroxylation is 1. The number of halogens is 6. The number of alkyl halides is 6. The highest BCUT2D eigenvalue weighted by molar-refractivity contribution is 5.93. The number of benzene rings is 2. The average Bonchev–Trinajstić information content (AvgIpc) is 2.88. The monoisotopic (exact) mass is 444 g/mol. The van der Waals surface area contributed by atoms with Crippen molar-refractivity contribution in [2.75, 3.05) is 6.54 Å². The van der Waals surface area contributed by atoms with E-state index in [1.807, 2.05) is 0 Å². The molecule has 3 rings (SSSR count). The number of carbonyl (C=O) groups is 2. The van der Waals surface area contributed by atoms with Crippen LogP contribution >= 0.6 is 0 Å². The fraction of sp³-hybridized carbons (Fsp3) is 0.333. The minimum atomic E-state index is -4.97. The maximum absolute atomic E-state index is 13.0. The number of amides is 2. The molecule has 0 fully saturated rings. The molecule has 4 nitrogen and oxygen atoms in total. The highest BCUT2D eigenvalue weighted by Crippen LogP contribution is 2.36. The van der Waals surface area contributed by atoms with Crippen molar-refractivity contribution in [1.29, 1.82) is 0 Å². The average molecular weight is 444 g/mol. The SMILES string of the molecule is NC(=O)c1ccc2c(c1)CCCN(C(=O)Cc1cc(C(F)(F)F)cc(C(F)(F)F)c1)C2. The molecular weight excluding hydrogens is 426 g/mol. The number of primary amides is 1. The van der Waals surface area contributed by atoms with Crippen molar-refractivity contribution in [1.82, 2.24) is 4.90 Å². The van der Waals surface area contributed by atoms with Gasteiger partial charge in [-0.15, -0.1) is 0 Å². The van der Waals surface area contributed by atoms with Crippen molar-refractivity contribution in [3.05, 3.63) is 69.8 Å². The van der Waals surface area contributed by atoms with Gasteiger partial charge in [0.1, 0.15) is 0 Å². The van der Waals surface area contributed by atoms with Crippen molar-refractivity contribution in [3.8, 4) is 0 Å². The van der Waals surface area contributed by atoms with E-state index in [1.165, 1.54) is 11.0 Å². The lowest BCUT2D eigenvalue weighted by Gasteiger charge is -2.22. The predicted octanol–water partition coefficient (Wildman–Crippen LogP) is 4.34. The van der Waals surface area contributed by atoms with Crippen LogP contribution in [0.5, 0.6) is 0 Å². The lowest BCUT2D eigenvalue weighted by molar-refractivity contribution is -0.143. The highest BCUT2D eigenvalue weighted by Gasteiger charge is 2.37. The van der Waals surface area contributed by atoms with Crippen LogP contribution in [-0.4, -0.2) is 23.3 Å². The van der Waals surface area contributed by atoms with Crippen LogP contribution in [0.1, 0.15) is 44.6 Å². The number of nitrogens with two attached hydrogens (primary N) is 1. The number of rotatable bonds is 3. The lowest BCUT2D eigenvalue weighted by atomic mass is 10.0. The molecule has 2 amide bonds. The Morgan fingerprint density at radius 3 is 2.06 bits per heavy atom. The van der Waals surface area contributed by atoms with Crippen LogP contribution in [0.2, 0.25) is 0 Å². The minimum absolute atomic E-state index is 0.0342. The summed E-state index contributed by atoms with van der Waals surface area (Å²) < 4.78 is 78.2. The van der Waals surface area contributed by atoms with Gasteiger partial charge in [-0.2, -0.15) is 26.3 Å². The summed E-state index contributed by atoms with van der Waals surface area (Å²) in [6, 6.07) is 5.96. The number of hydrogen-bond acceptors (Lipinski definition) is 2. The Balaban J connectivity index is 1.85. The Morgan fingerprint density at radius 2 is 1.52 bits per heavy atom. The molecule has 31 heavy (non-hydrogen) atoms. The van der Waals surface area contributed by atoms with Crippen LogP contribution in [0, 0.1) is 0 Å². The molecule has 1 aliphatic rings. The summed E-state index contributed by atoms with van der Waals surface area (Å²) in [7, 11) is 0. The van der Waals surface area contributed by atoms with Gasteiger partial charge >= 0.3 is 12.4 Å². The van der Waals surface area contributed by atoms with Gasteiger partial charge in [-0.1, -0.05) is 6.07 Å². The number of hydrogen-bond donors (Lipinski definition) is 1. The van der Waals surface area contributed by atoms with Crippen LogP contribution in [-0.2, 0) is 36.5 Å². The van der Waals surface area contributed by atoms with Gasteiger partial charge in [-0.25, -0.2) is 0 Å². The second kappa shape index (κ2) is 8.24. The zero-order valence-corrected chi connectivity index (χ0v) is 16.1. The molecule has 0 spiro atoms. The quantitative estimate of drug-likeness (QED) is 0.716. The van der Waals surface area contributed by atoms with Crippen molar-refractivity contribution in [2.24, 2.45) is 5.73 Å². The first-order valence-corrected chi connectivity index (χ1v) is 9.32. The van der Waals surface area contributed by atoms with Crippen LogP contribution in [0.15, 0.2) is 36.4 Å². The van der Waals surface area contributed by atoms with E-state index in [9.17, 15) is 35.9 Å². The van der Waals surface area contributed by atoms with E-state index in [4.69, 9.17) is 5.73 Å². The van der Waals surface area contributed by atoms with Crippen LogP contribution in [0.4, 0.5) is 26.3 Å². The van der Waals surface area contributed by atoms with Crippen LogP contribution in [0.3, 0.4) is 0 Å². The Morgan fingerprint density at radius 1 is 0.903 bits per heavy atom. The third-order valence-electron chi connectivity index (χ3n) is 5.08. The second-order valence-corrected chi connectivity index (χ2v) is 7.36.